The Labute approximate surface area is 118 Å². The van der Waals surface area contributed by atoms with E-state index in [1.54, 1.807) is 0 Å². The van der Waals surface area contributed by atoms with Gasteiger partial charge in [-0.3, -0.25) is 0 Å². The zero-order valence-electron chi connectivity index (χ0n) is 13.2. The average molecular weight is 263 g/mol. The summed E-state index contributed by atoms with van der Waals surface area (Å²) in [6, 6.07) is 4.91. The molecule has 0 amide bonds. The molecule has 0 radical (unpaired) electrons. The van der Waals surface area contributed by atoms with Crippen LogP contribution < -0.4 is 10.2 Å². The van der Waals surface area contributed by atoms with E-state index >= 15 is 0 Å². The third-order valence-electron chi connectivity index (χ3n) is 3.68. The molecular weight excluding hydrogens is 234 g/mol. The second-order valence-corrected chi connectivity index (χ2v) is 5.13. The predicted molar refractivity (Wildman–Crippen MR) is 83.7 cm³/mol. The molecule has 0 saturated heterocycles. The first-order chi connectivity index (χ1) is 9.13. The third-order valence-corrected chi connectivity index (χ3v) is 3.68. The summed E-state index contributed by atoms with van der Waals surface area (Å²) in [7, 11) is 0. The molecule has 0 saturated carbocycles. The Morgan fingerprint density at radius 2 is 2.00 bits per heavy atom. The highest BCUT2D eigenvalue weighted by molar-refractivity contribution is 5.42. The van der Waals surface area contributed by atoms with Gasteiger partial charge in [-0.05, 0) is 51.8 Å². The predicted octanol–water partition coefficient (Wildman–Crippen LogP) is 3.51. The van der Waals surface area contributed by atoms with Crippen molar-refractivity contribution in [3.05, 3.63) is 23.4 Å². The lowest BCUT2D eigenvalue weighted by Gasteiger charge is -2.28. The van der Waals surface area contributed by atoms with Gasteiger partial charge in [-0.15, -0.1) is 0 Å². The van der Waals surface area contributed by atoms with Crippen LogP contribution in [0.4, 0.5) is 5.82 Å². The molecule has 0 aliphatic rings. The van der Waals surface area contributed by atoms with Gasteiger partial charge in [-0.2, -0.15) is 0 Å². The molecule has 0 aliphatic carbocycles. The van der Waals surface area contributed by atoms with E-state index in [0.717, 1.165) is 37.6 Å². The number of aryl methyl sites for hydroxylation is 1. The molecule has 1 atom stereocenters. The van der Waals surface area contributed by atoms with Crippen LogP contribution in [0.3, 0.4) is 0 Å². The van der Waals surface area contributed by atoms with E-state index in [4.69, 9.17) is 4.98 Å². The molecule has 1 aromatic heterocycles. The Kier molecular flexibility index (Phi) is 6.85. The maximum Gasteiger partial charge on any atom is 0.129 e. The molecule has 1 aromatic rings. The Hall–Kier alpha value is -1.09. The molecule has 1 rings (SSSR count). The summed E-state index contributed by atoms with van der Waals surface area (Å²) in [5, 5.41) is 3.44. The van der Waals surface area contributed by atoms with Gasteiger partial charge >= 0.3 is 0 Å². The van der Waals surface area contributed by atoms with Crippen molar-refractivity contribution in [3.8, 4) is 0 Å². The van der Waals surface area contributed by atoms with Gasteiger partial charge < -0.3 is 10.2 Å². The Balaban J connectivity index is 2.79. The monoisotopic (exact) mass is 263 g/mol. The van der Waals surface area contributed by atoms with Crippen LogP contribution in [0.1, 0.15) is 51.8 Å². The quantitative estimate of drug-likeness (QED) is 0.727. The van der Waals surface area contributed by atoms with Crippen LogP contribution in [0, 0.1) is 6.92 Å². The van der Waals surface area contributed by atoms with Crippen molar-refractivity contribution >= 4 is 5.82 Å². The number of rotatable bonds is 8. The molecule has 3 nitrogen and oxygen atoms in total. The summed E-state index contributed by atoms with van der Waals surface area (Å²) < 4.78 is 0. The molecule has 0 bridgehead atoms. The minimum atomic E-state index is 0.543. The second-order valence-electron chi connectivity index (χ2n) is 5.13. The fourth-order valence-corrected chi connectivity index (χ4v) is 2.24. The Bertz CT molecular complexity index is 376. The summed E-state index contributed by atoms with van der Waals surface area (Å²) >= 11 is 0. The molecule has 0 aromatic carbocycles. The number of nitrogens with zero attached hydrogens (tertiary/aromatic N) is 2. The summed E-state index contributed by atoms with van der Waals surface area (Å²) in [6.45, 7) is 14.0. The van der Waals surface area contributed by atoms with Crippen LogP contribution in [0.5, 0.6) is 0 Å². The number of pyridine rings is 1. The van der Waals surface area contributed by atoms with Gasteiger partial charge in [0.25, 0.3) is 0 Å². The minimum absolute atomic E-state index is 0.543. The van der Waals surface area contributed by atoms with E-state index in [2.05, 4.69) is 57.0 Å². The SMILES string of the molecule is CCCNCc1ccc(N(CC)C(C)CC)nc1C. The van der Waals surface area contributed by atoms with E-state index in [1.165, 1.54) is 12.0 Å². The lowest BCUT2D eigenvalue weighted by Crippen LogP contribution is -2.33. The smallest absolute Gasteiger partial charge is 0.129 e. The van der Waals surface area contributed by atoms with Crippen molar-refractivity contribution in [1.82, 2.24) is 10.3 Å². The van der Waals surface area contributed by atoms with Crippen LogP contribution in [-0.2, 0) is 6.54 Å². The molecular formula is C16H29N3. The highest BCUT2D eigenvalue weighted by Gasteiger charge is 2.13. The van der Waals surface area contributed by atoms with Gasteiger partial charge in [0.2, 0.25) is 0 Å². The number of nitrogens with one attached hydrogen (secondary N) is 1. The Morgan fingerprint density at radius 1 is 1.26 bits per heavy atom. The van der Waals surface area contributed by atoms with E-state index in [-0.39, 0.29) is 0 Å². The van der Waals surface area contributed by atoms with Crippen LogP contribution in [0.15, 0.2) is 12.1 Å². The zero-order chi connectivity index (χ0) is 14.3. The number of aromatic nitrogens is 1. The minimum Gasteiger partial charge on any atom is -0.354 e. The van der Waals surface area contributed by atoms with Gasteiger partial charge in [0.05, 0.1) is 0 Å². The molecule has 108 valence electrons. The second kappa shape index (κ2) is 8.16. The van der Waals surface area contributed by atoms with Crippen molar-refractivity contribution in [2.75, 3.05) is 18.0 Å². The van der Waals surface area contributed by atoms with Crippen LogP contribution >= 0.6 is 0 Å². The topological polar surface area (TPSA) is 28.2 Å². The van der Waals surface area contributed by atoms with E-state index in [9.17, 15) is 0 Å². The van der Waals surface area contributed by atoms with Gasteiger partial charge in [-0.25, -0.2) is 4.98 Å². The van der Waals surface area contributed by atoms with E-state index in [0.29, 0.717) is 6.04 Å². The van der Waals surface area contributed by atoms with Crippen molar-refractivity contribution in [2.45, 2.75) is 60.0 Å². The normalized spacial score (nSPS) is 12.5. The van der Waals surface area contributed by atoms with Crippen molar-refractivity contribution in [1.29, 1.82) is 0 Å². The van der Waals surface area contributed by atoms with Crippen LogP contribution in [0.25, 0.3) is 0 Å². The lowest BCUT2D eigenvalue weighted by atomic mass is 10.1. The highest BCUT2D eigenvalue weighted by atomic mass is 15.2. The molecule has 0 fully saturated rings. The Morgan fingerprint density at radius 3 is 2.53 bits per heavy atom. The summed E-state index contributed by atoms with van der Waals surface area (Å²) in [6.07, 6.45) is 2.32. The highest BCUT2D eigenvalue weighted by Crippen LogP contribution is 2.18. The number of hydrogen-bond donors (Lipinski definition) is 1. The average Bonchev–Trinajstić information content (AvgIpc) is 2.42. The standard InChI is InChI=1S/C16H29N3/c1-6-11-17-12-15-9-10-16(18-14(15)5)19(8-3)13(4)7-2/h9-10,13,17H,6-8,11-12H2,1-5H3. The van der Waals surface area contributed by atoms with Gasteiger partial charge in [-0.1, -0.05) is 19.9 Å². The van der Waals surface area contributed by atoms with Crippen molar-refractivity contribution in [2.24, 2.45) is 0 Å². The molecule has 1 heterocycles. The third kappa shape index (κ3) is 4.50. The first kappa shape index (κ1) is 16.0. The van der Waals surface area contributed by atoms with Gasteiger partial charge in [0.1, 0.15) is 5.82 Å². The first-order valence-electron chi connectivity index (χ1n) is 7.57. The maximum absolute atomic E-state index is 4.78. The zero-order valence-corrected chi connectivity index (χ0v) is 13.2. The number of anilines is 1. The molecule has 0 spiro atoms. The fourth-order valence-electron chi connectivity index (χ4n) is 2.24. The molecule has 3 heteroatoms. The largest absolute Gasteiger partial charge is 0.354 e. The summed E-state index contributed by atoms with van der Waals surface area (Å²) in [5.74, 6) is 1.11. The maximum atomic E-state index is 4.78. The van der Waals surface area contributed by atoms with Crippen LogP contribution in [0.2, 0.25) is 0 Å². The molecule has 0 aliphatic heterocycles. The molecule has 19 heavy (non-hydrogen) atoms. The van der Waals surface area contributed by atoms with E-state index < -0.39 is 0 Å². The lowest BCUT2D eigenvalue weighted by molar-refractivity contribution is 0.621. The van der Waals surface area contributed by atoms with E-state index in [1.807, 2.05) is 0 Å². The molecule has 1 N–H and O–H groups in total. The number of hydrogen-bond acceptors (Lipinski definition) is 3. The van der Waals surface area contributed by atoms with Crippen LogP contribution in [-0.4, -0.2) is 24.1 Å². The summed E-state index contributed by atoms with van der Waals surface area (Å²) in [5.41, 5.74) is 2.44. The fraction of sp³-hybridized carbons (Fsp3) is 0.688. The van der Waals surface area contributed by atoms with Crippen molar-refractivity contribution in [3.63, 3.8) is 0 Å². The molecule has 1 unspecified atom stereocenters. The van der Waals surface area contributed by atoms with Gasteiger partial charge in [0, 0.05) is 24.8 Å². The van der Waals surface area contributed by atoms with Crippen molar-refractivity contribution < 1.29 is 0 Å². The first-order valence-corrected chi connectivity index (χ1v) is 7.57. The summed E-state index contributed by atoms with van der Waals surface area (Å²) in [4.78, 5) is 7.15. The van der Waals surface area contributed by atoms with Gasteiger partial charge in [0.15, 0.2) is 0 Å².